The van der Waals surface area contributed by atoms with Gasteiger partial charge in [0.1, 0.15) is 16.4 Å². The summed E-state index contributed by atoms with van der Waals surface area (Å²) in [7, 11) is -2.72. The first-order chi connectivity index (χ1) is 14.4. The Morgan fingerprint density at radius 3 is 2.29 bits per heavy atom. The number of carbonyl (C=O) groups is 1. The van der Waals surface area contributed by atoms with Crippen molar-refractivity contribution in [3.63, 3.8) is 0 Å². The van der Waals surface area contributed by atoms with Gasteiger partial charge in [0.25, 0.3) is 5.91 Å². The van der Waals surface area contributed by atoms with Crippen LogP contribution in [0.4, 0.5) is 18.9 Å². The molecule has 0 heterocycles. The number of hydrogen-bond donors (Lipinski definition) is 2. The topological polar surface area (TPSA) is 93.7 Å². The monoisotopic (exact) mass is 460 g/mol. The lowest BCUT2D eigenvalue weighted by atomic mass is 10.1. The molecule has 0 bridgehead atoms. The van der Waals surface area contributed by atoms with Gasteiger partial charge in [0.2, 0.25) is 10.0 Å². The molecule has 2 aromatic carbocycles. The molecular weight excluding hydrogens is 437 g/mol. The Morgan fingerprint density at radius 2 is 1.74 bits per heavy atom. The fraction of sp³-hybridized carbons (Fsp3) is 0.350. The number of sulfonamides is 1. The zero-order chi connectivity index (χ0) is 23.4. The number of nitrogens with one attached hydrogen (secondary N) is 2. The number of benzene rings is 2. The van der Waals surface area contributed by atoms with Gasteiger partial charge >= 0.3 is 6.18 Å². The fourth-order valence-corrected chi connectivity index (χ4v) is 4.13. The van der Waals surface area contributed by atoms with E-state index in [-0.39, 0.29) is 34.3 Å². The van der Waals surface area contributed by atoms with Crippen molar-refractivity contribution in [2.75, 3.05) is 19.0 Å². The molecule has 170 valence electrons. The average Bonchev–Trinajstić information content (AvgIpc) is 2.67. The second kappa shape index (κ2) is 9.56. The molecule has 2 N–H and O–H groups in total. The van der Waals surface area contributed by atoms with Crippen LogP contribution in [-0.4, -0.2) is 34.1 Å². The molecular formula is C20H23F3N2O5S. The predicted molar refractivity (Wildman–Crippen MR) is 109 cm³/mol. The smallest absolute Gasteiger partial charge is 0.416 e. The van der Waals surface area contributed by atoms with Crippen LogP contribution in [0.1, 0.15) is 36.7 Å². The summed E-state index contributed by atoms with van der Waals surface area (Å²) in [6, 6.07) is 5.98. The molecule has 0 aliphatic carbocycles. The van der Waals surface area contributed by atoms with Crippen LogP contribution < -0.4 is 19.5 Å². The Labute approximate surface area is 178 Å². The summed E-state index contributed by atoms with van der Waals surface area (Å²) in [5, 5.41) is 2.36. The highest BCUT2D eigenvalue weighted by atomic mass is 32.2. The number of alkyl halides is 3. The van der Waals surface area contributed by atoms with Crippen LogP contribution in [0.2, 0.25) is 0 Å². The summed E-state index contributed by atoms with van der Waals surface area (Å²) in [5.41, 5.74) is -1.25. The molecule has 0 aromatic heterocycles. The number of amides is 1. The normalized spacial score (nSPS) is 12.0. The molecule has 0 saturated carbocycles. The fourth-order valence-electron chi connectivity index (χ4n) is 2.68. The summed E-state index contributed by atoms with van der Waals surface area (Å²) in [6.07, 6.45) is -4.62. The molecule has 0 atom stereocenters. The standard InChI is InChI=1S/C20H23F3N2O5S/c1-5-30-16-9-7-14(20(21,22)23)11-15(16)24-19(26)13-6-8-17(29-4)18(10-13)31(27,28)25-12(2)3/h6-12,25H,5H2,1-4H3,(H,24,26). The van der Waals surface area contributed by atoms with E-state index in [0.717, 1.165) is 24.3 Å². The number of methoxy groups -OCH3 is 1. The molecule has 1 amide bonds. The van der Waals surface area contributed by atoms with Crippen molar-refractivity contribution in [1.82, 2.24) is 4.72 Å². The van der Waals surface area contributed by atoms with Gasteiger partial charge < -0.3 is 14.8 Å². The van der Waals surface area contributed by atoms with Crippen LogP contribution in [0.25, 0.3) is 0 Å². The van der Waals surface area contributed by atoms with Crippen molar-refractivity contribution in [3.05, 3.63) is 47.5 Å². The third-order valence-electron chi connectivity index (χ3n) is 3.96. The third kappa shape index (κ3) is 6.11. The molecule has 0 aliphatic heterocycles. The van der Waals surface area contributed by atoms with Crippen LogP contribution in [0.15, 0.2) is 41.3 Å². The molecule has 7 nitrogen and oxygen atoms in total. The van der Waals surface area contributed by atoms with E-state index in [4.69, 9.17) is 9.47 Å². The number of carbonyl (C=O) groups excluding carboxylic acids is 1. The Bertz CT molecular complexity index is 1050. The van der Waals surface area contributed by atoms with Crippen molar-refractivity contribution in [2.24, 2.45) is 0 Å². The van der Waals surface area contributed by atoms with Gasteiger partial charge in [-0.2, -0.15) is 13.2 Å². The highest BCUT2D eigenvalue weighted by Gasteiger charge is 2.31. The maximum Gasteiger partial charge on any atom is 0.416 e. The first-order valence-electron chi connectivity index (χ1n) is 9.24. The Morgan fingerprint density at radius 1 is 1.10 bits per heavy atom. The van der Waals surface area contributed by atoms with Crippen molar-refractivity contribution >= 4 is 21.6 Å². The molecule has 0 unspecified atom stereocenters. The maximum atomic E-state index is 13.1. The summed E-state index contributed by atoms with van der Waals surface area (Å²) in [5.74, 6) is -0.755. The SMILES string of the molecule is CCOc1ccc(C(F)(F)F)cc1NC(=O)c1ccc(OC)c(S(=O)(=O)NC(C)C)c1. The minimum absolute atomic E-state index is 0.0128. The first kappa shape index (κ1) is 24.5. The molecule has 0 saturated heterocycles. The van der Waals surface area contributed by atoms with E-state index in [1.165, 1.54) is 19.2 Å². The van der Waals surface area contributed by atoms with Gasteiger partial charge in [-0.15, -0.1) is 0 Å². The van der Waals surface area contributed by atoms with Crippen molar-refractivity contribution in [2.45, 2.75) is 37.9 Å². The second-order valence-corrected chi connectivity index (χ2v) is 8.42. The zero-order valence-electron chi connectivity index (χ0n) is 17.3. The lowest BCUT2D eigenvalue weighted by Gasteiger charge is -2.16. The van der Waals surface area contributed by atoms with Gasteiger partial charge in [0.15, 0.2) is 0 Å². The van der Waals surface area contributed by atoms with E-state index in [1.807, 2.05) is 0 Å². The number of rotatable bonds is 8. The number of hydrogen-bond acceptors (Lipinski definition) is 5. The summed E-state index contributed by atoms with van der Waals surface area (Å²) < 4.78 is 77.2. The lowest BCUT2D eigenvalue weighted by molar-refractivity contribution is -0.137. The molecule has 0 fully saturated rings. The van der Waals surface area contributed by atoms with Gasteiger partial charge in [0, 0.05) is 11.6 Å². The quantitative estimate of drug-likeness (QED) is 0.620. The highest BCUT2D eigenvalue weighted by molar-refractivity contribution is 7.89. The highest BCUT2D eigenvalue weighted by Crippen LogP contribution is 2.35. The second-order valence-electron chi connectivity index (χ2n) is 6.74. The van der Waals surface area contributed by atoms with Gasteiger partial charge in [0.05, 0.1) is 25.0 Å². The number of halogens is 3. The molecule has 0 aliphatic rings. The average molecular weight is 460 g/mol. The van der Waals surface area contributed by atoms with Gasteiger partial charge in [-0.25, -0.2) is 13.1 Å². The molecule has 0 radical (unpaired) electrons. The van der Waals surface area contributed by atoms with Crippen molar-refractivity contribution < 1.29 is 35.9 Å². The van der Waals surface area contributed by atoms with Gasteiger partial charge in [-0.3, -0.25) is 4.79 Å². The van der Waals surface area contributed by atoms with Crippen LogP contribution in [0, 0.1) is 0 Å². The number of anilines is 1. The largest absolute Gasteiger partial charge is 0.495 e. The molecule has 0 spiro atoms. The molecule has 11 heteroatoms. The Hall–Kier alpha value is -2.79. The third-order valence-corrected chi connectivity index (χ3v) is 5.64. The van der Waals surface area contributed by atoms with Gasteiger partial charge in [-0.05, 0) is 57.2 Å². The van der Waals surface area contributed by atoms with E-state index in [0.29, 0.717) is 0 Å². The van der Waals surface area contributed by atoms with Crippen LogP contribution in [-0.2, 0) is 16.2 Å². The minimum Gasteiger partial charge on any atom is -0.495 e. The predicted octanol–water partition coefficient (Wildman–Crippen LogP) is 4.05. The van der Waals surface area contributed by atoms with Crippen LogP contribution >= 0.6 is 0 Å². The Balaban J connectivity index is 2.45. The lowest BCUT2D eigenvalue weighted by Crippen LogP contribution is -2.30. The summed E-state index contributed by atoms with van der Waals surface area (Å²) in [6.45, 7) is 5.07. The van der Waals surface area contributed by atoms with Gasteiger partial charge in [-0.1, -0.05) is 0 Å². The molecule has 2 aromatic rings. The van der Waals surface area contributed by atoms with E-state index in [1.54, 1.807) is 20.8 Å². The molecule has 31 heavy (non-hydrogen) atoms. The van der Waals surface area contributed by atoms with E-state index in [9.17, 15) is 26.4 Å². The minimum atomic E-state index is -4.62. The van der Waals surface area contributed by atoms with E-state index >= 15 is 0 Å². The van der Waals surface area contributed by atoms with Crippen molar-refractivity contribution in [1.29, 1.82) is 0 Å². The van der Waals surface area contributed by atoms with Crippen LogP contribution in [0.3, 0.4) is 0 Å². The Kier molecular flexibility index (Phi) is 7.55. The number of ether oxygens (including phenoxy) is 2. The van der Waals surface area contributed by atoms with Crippen LogP contribution in [0.5, 0.6) is 11.5 Å². The van der Waals surface area contributed by atoms with Crippen molar-refractivity contribution in [3.8, 4) is 11.5 Å². The zero-order valence-corrected chi connectivity index (χ0v) is 18.1. The maximum absolute atomic E-state index is 13.1. The van der Waals surface area contributed by atoms with E-state index in [2.05, 4.69) is 10.0 Å². The summed E-state index contributed by atoms with van der Waals surface area (Å²) in [4.78, 5) is 12.5. The summed E-state index contributed by atoms with van der Waals surface area (Å²) >= 11 is 0. The molecule has 2 rings (SSSR count). The first-order valence-corrected chi connectivity index (χ1v) is 10.7. The van der Waals surface area contributed by atoms with E-state index < -0.39 is 33.7 Å².